The molecule has 0 fully saturated rings. The summed E-state index contributed by atoms with van der Waals surface area (Å²) in [7, 11) is 1.90. The minimum atomic E-state index is -0.0465. The molecule has 0 saturated heterocycles. The monoisotopic (exact) mass is 376 g/mol. The molecule has 2 aromatic carbocycles. The second kappa shape index (κ2) is 8.70. The van der Waals surface area contributed by atoms with Crippen LogP contribution in [0.3, 0.4) is 0 Å². The molecule has 0 aliphatic carbocycles. The van der Waals surface area contributed by atoms with Gasteiger partial charge in [0, 0.05) is 11.0 Å². The van der Waals surface area contributed by atoms with Crippen molar-refractivity contribution in [2.45, 2.75) is 6.92 Å². The van der Waals surface area contributed by atoms with Crippen LogP contribution in [0.25, 0.3) is 0 Å². The summed E-state index contributed by atoms with van der Waals surface area (Å²) in [5.74, 6) is 0.802. The normalized spacial score (nSPS) is 10.6. The molecule has 4 nitrogen and oxygen atoms in total. The second-order valence-electron chi connectivity index (χ2n) is 5.43. The van der Waals surface area contributed by atoms with E-state index in [9.17, 15) is 4.79 Å². The van der Waals surface area contributed by atoms with Crippen LogP contribution in [0.1, 0.15) is 5.56 Å². The number of benzene rings is 2. The van der Waals surface area contributed by atoms with Gasteiger partial charge in [-0.1, -0.05) is 29.8 Å². The van der Waals surface area contributed by atoms with Crippen molar-refractivity contribution in [3.8, 4) is 5.75 Å². The van der Waals surface area contributed by atoms with E-state index in [1.54, 1.807) is 0 Å². The van der Waals surface area contributed by atoms with E-state index in [0.717, 1.165) is 15.9 Å². The maximum atomic E-state index is 12.0. The van der Waals surface area contributed by atoms with Crippen molar-refractivity contribution >= 4 is 27.5 Å². The maximum Gasteiger partial charge on any atom is 0.238 e. The van der Waals surface area contributed by atoms with Crippen molar-refractivity contribution in [1.29, 1.82) is 0 Å². The molecule has 1 N–H and O–H groups in total. The zero-order chi connectivity index (χ0) is 16.7. The van der Waals surface area contributed by atoms with E-state index in [1.165, 1.54) is 5.56 Å². The number of halogens is 1. The third-order valence-corrected chi connectivity index (χ3v) is 4.02. The van der Waals surface area contributed by atoms with Crippen LogP contribution in [0.2, 0.25) is 0 Å². The van der Waals surface area contributed by atoms with Crippen molar-refractivity contribution in [1.82, 2.24) is 4.90 Å². The Morgan fingerprint density at radius 1 is 1.17 bits per heavy atom. The summed E-state index contributed by atoms with van der Waals surface area (Å²) in [6.07, 6.45) is 0. The van der Waals surface area contributed by atoms with E-state index in [0.29, 0.717) is 19.7 Å². The minimum absolute atomic E-state index is 0.0465. The number of anilines is 1. The summed E-state index contributed by atoms with van der Waals surface area (Å²) in [6.45, 7) is 3.58. The first-order valence-corrected chi connectivity index (χ1v) is 8.26. The highest BCUT2D eigenvalue weighted by Crippen LogP contribution is 2.20. The van der Waals surface area contributed by atoms with E-state index in [4.69, 9.17) is 4.74 Å². The van der Waals surface area contributed by atoms with E-state index in [-0.39, 0.29) is 5.91 Å². The fraction of sp³-hybridized carbons (Fsp3) is 0.278. The summed E-state index contributed by atoms with van der Waals surface area (Å²) in [6, 6.07) is 15.5. The molecule has 23 heavy (non-hydrogen) atoms. The molecule has 0 aliphatic heterocycles. The Bertz CT molecular complexity index is 644. The Morgan fingerprint density at radius 2 is 1.87 bits per heavy atom. The van der Waals surface area contributed by atoms with Crippen LogP contribution < -0.4 is 10.1 Å². The van der Waals surface area contributed by atoms with Gasteiger partial charge in [-0.05, 0) is 54.2 Å². The van der Waals surface area contributed by atoms with Crippen LogP contribution in [-0.4, -0.2) is 37.6 Å². The fourth-order valence-corrected chi connectivity index (χ4v) is 2.41. The van der Waals surface area contributed by atoms with E-state index in [1.807, 2.05) is 67.4 Å². The lowest BCUT2D eigenvalue weighted by molar-refractivity contribution is -0.117. The number of amides is 1. The topological polar surface area (TPSA) is 41.6 Å². The number of hydrogen-bond donors (Lipinski definition) is 1. The molecule has 122 valence electrons. The van der Waals surface area contributed by atoms with Crippen molar-refractivity contribution in [3.05, 3.63) is 58.6 Å². The molecule has 0 unspecified atom stereocenters. The minimum Gasteiger partial charge on any atom is -0.492 e. The highest BCUT2D eigenvalue weighted by molar-refractivity contribution is 9.10. The van der Waals surface area contributed by atoms with Gasteiger partial charge in [-0.2, -0.15) is 0 Å². The van der Waals surface area contributed by atoms with E-state index >= 15 is 0 Å². The van der Waals surface area contributed by atoms with Gasteiger partial charge < -0.3 is 10.1 Å². The van der Waals surface area contributed by atoms with Gasteiger partial charge in [-0.15, -0.1) is 0 Å². The summed E-state index contributed by atoms with van der Waals surface area (Å²) in [5, 5.41) is 2.89. The predicted molar refractivity (Wildman–Crippen MR) is 96.9 cm³/mol. The summed E-state index contributed by atoms with van der Waals surface area (Å²) in [4.78, 5) is 14.0. The molecular formula is C18H21BrN2O2. The number of hydrogen-bond acceptors (Lipinski definition) is 3. The number of carbonyl (C=O) groups is 1. The highest BCUT2D eigenvalue weighted by atomic mass is 79.9. The van der Waals surface area contributed by atoms with Gasteiger partial charge in [0.1, 0.15) is 12.4 Å². The second-order valence-corrected chi connectivity index (χ2v) is 6.28. The average Bonchev–Trinajstić information content (AvgIpc) is 2.51. The number of carbonyl (C=O) groups excluding carboxylic acids is 1. The van der Waals surface area contributed by atoms with Gasteiger partial charge in [-0.25, -0.2) is 0 Å². The molecule has 1 amide bonds. The third kappa shape index (κ3) is 6.04. The fourth-order valence-electron chi connectivity index (χ4n) is 2.03. The van der Waals surface area contributed by atoms with Gasteiger partial charge >= 0.3 is 0 Å². The summed E-state index contributed by atoms with van der Waals surface area (Å²) >= 11 is 3.42. The van der Waals surface area contributed by atoms with Crippen LogP contribution in [0.4, 0.5) is 5.69 Å². The van der Waals surface area contributed by atoms with Crippen LogP contribution >= 0.6 is 15.9 Å². The number of nitrogens with zero attached hydrogens (tertiary/aromatic N) is 1. The SMILES string of the molecule is Cc1ccc(OCCN(C)CC(=O)Nc2ccccc2Br)cc1. The molecule has 0 bridgehead atoms. The molecule has 5 heteroatoms. The molecule has 0 aromatic heterocycles. The number of likely N-dealkylation sites (N-methyl/N-ethyl adjacent to an activating group) is 1. The van der Waals surface area contributed by atoms with E-state index in [2.05, 4.69) is 21.2 Å². The Morgan fingerprint density at radius 3 is 2.57 bits per heavy atom. The molecular weight excluding hydrogens is 356 g/mol. The Kier molecular flexibility index (Phi) is 6.62. The molecule has 2 rings (SSSR count). The number of aryl methyl sites for hydroxylation is 1. The first-order chi connectivity index (χ1) is 11.0. The molecule has 0 atom stereocenters. The smallest absolute Gasteiger partial charge is 0.238 e. The first-order valence-electron chi connectivity index (χ1n) is 7.47. The molecule has 0 spiro atoms. The lowest BCUT2D eigenvalue weighted by Gasteiger charge is -2.17. The van der Waals surface area contributed by atoms with Crippen molar-refractivity contribution in [2.24, 2.45) is 0 Å². The quantitative estimate of drug-likeness (QED) is 0.800. The Hall–Kier alpha value is -1.85. The van der Waals surface area contributed by atoms with Gasteiger partial charge in [0.15, 0.2) is 0 Å². The van der Waals surface area contributed by atoms with Crippen molar-refractivity contribution in [2.75, 3.05) is 32.1 Å². The molecule has 0 aliphatic rings. The Labute approximate surface area is 145 Å². The largest absolute Gasteiger partial charge is 0.492 e. The molecule has 0 saturated carbocycles. The summed E-state index contributed by atoms with van der Waals surface area (Å²) < 4.78 is 6.54. The number of nitrogens with one attached hydrogen (secondary N) is 1. The zero-order valence-electron chi connectivity index (χ0n) is 13.4. The van der Waals surface area contributed by atoms with Crippen molar-refractivity contribution in [3.63, 3.8) is 0 Å². The number of ether oxygens (including phenoxy) is 1. The van der Waals surface area contributed by atoms with Gasteiger partial charge in [0.2, 0.25) is 5.91 Å². The zero-order valence-corrected chi connectivity index (χ0v) is 15.0. The van der Waals surface area contributed by atoms with Crippen molar-refractivity contribution < 1.29 is 9.53 Å². The average molecular weight is 377 g/mol. The predicted octanol–water partition coefficient (Wildman–Crippen LogP) is 3.71. The maximum absolute atomic E-state index is 12.0. The highest BCUT2D eigenvalue weighted by Gasteiger charge is 2.08. The lowest BCUT2D eigenvalue weighted by Crippen LogP contribution is -2.33. The van der Waals surface area contributed by atoms with Gasteiger partial charge in [0.05, 0.1) is 12.2 Å². The Balaban J connectivity index is 1.71. The van der Waals surface area contributed by atoms with Crippen LogP contribution in [0.5, 0.6) is 5.75 Å². The van der Waals surface area contributed by atoms with Crippen LogP contribution in [-0.2, 0) is 4.79 Å². The van der Waals surface area contributed by atoms with Crippen LogP contribution in [0.15, 0.2) is 53.0 Å². The number of para-hydroxylation sites is 1. The van der Waals surface area contributed by atoms with E-state index < -0.39 is 0 Å². The number of rotatable bonds is 7. The molecule has 0 heterocycles. The van der Waals surface area contributed by atoms with Gasteiger partial charge in [-0.3, -0.25) is 9.69 Å². The summed E-state index contributed by atoms with van der Waals surface area (Å²) in [5.41, 5.74) is 1.99. The lowest BCUT2D eigenvalue weighted by atomic mass is 10.2. The van der Waals surface area contributed by atoms with Crippen LogP contribution in [0, 0.1) is 6.92 Å². The third-order valence-electron chi connectivity index (χ3n) is 3.32. The molecule has 0 radical (unpaired) electrons. The standard InChI is InChI=1S/C18H21BrN2O2/c1-14-7-9-15(10-8-14)23-12-11-21(2)13-18(22)20-17-6-4-3-5-16(17)19/h3-10H,11-13H2,1-2H3,(H,20,22). The van der Waals surface area contributed by atoms with Gasteiger partial charge in [0.25, 0.3) is 0 Å². The molecule has 2 aromatic rings. The first kappa shape index (κ1) is 17.5.